The lowest BCUT2D eigenvalue weighted by Gasteiger charge is -2.43. The van der Waals surface area contributed by atoms with Crippen LogP contribution in [0, 0.1) is 29.6 Å². The molecule has 3 amide bonds. The van der Waals surface area contributed by atoms with E-state index in [4.69, 9.17) is 21.4 Å². The van der Waals surface area contributed by atoms with Gasteiger partial charge in [0, 0.05) is 50.7 Å². The average molecular weight is 732 g/mol. The predicted molar refractivity (Wildman–Crippen MR) is 191 cm³/mol. The molecule has 50 heavy (non-hydrogen) atoms. The van der Waals surface area contributed by atoms with Gasteiger partial charge in [0.2, 0.25) is 11.8 Å². The van der Waals surface area contributed by atoms with Gasteiger partial charge in [0.15, 0.2) is 6.61 Å². The molecule has 4 aromatic rings. The van der Waals surface area contributed by atoms with Crippen molar-refractivity contribution in [2.75, 3.05) is 18.5 Å². The second kappa shape index (κ2) is 13.2. The van der Waals surface area contributed by atoms with E-state index in [1.54, 1.807) is 23.9 Å². The molecule has 3 aromatic carbocycles. The quantitative estimate of drug-likeness (QED) is 0.119. The van der Waals surface area contributed by atoms with Crippen LogP contribution in [0.25, 0.3) is 10.8 Å². The van der Waals surface area contributed by atoms with Crippen molar-refractivity contribution in [1.29, 1.82) is 0 Å². The molecule has 3 heterocycles. The van der Waals surface area contributed by atoms with Gasteiger partial charge in [0.05, 0.1) is 16.9 Å². The topological polar surface area (TPSA) is 146 Å². The summed E-state index contributed by atoms with van der Waals surface area (Å²) in [6.45, 7) is 0.0399. The summed E-state index contributed by atoms with van der Waals surface area (Å²) in [5.41, 5.74) is 1.43. The van der Waals surface area contributed by atoms with E-state index in [0.29, 0.717) is 42.3 Å². The number of aliphatic carboxylic acids is 1. The van der Waals surface area contributed by atoms with Crippen molar-refractivity contribution in [2.45, 2.75) is 48.3 Å². The van der Waals surface area contributed by atoms with Crippen LogP contribution in [0.1, 0.15) is 48.5 Å². The molecule has 7 atom stereocenters. The van der Waals surface area contributed by atoms with Crippen LogP contribution in [0.4, 0.5) is 5.69 Å². The lowest BCUT2D eigenvalue weighted by molar-refractivity contribution is -0.141. The summed E-state index contributed by atoms with van der Waals surface area (Å²) in [6.07, 6.45) is 2.50. The largest absolute Gasteiger partial charge is 0.483 e. The zero-order valence-electron chi connectivity index (χ0n) is 26.8. The fraction of sp³-hybridized carbons (Fsp3) is 0.378. The Morgan fingerprint density at radius 2 is 1.76 bits per heavy atom. The summed E-state index contributed by atoms with van der Waals surface area (Å²) < 4.78 is 6.24. The highest BCUT2D eigenvalue weighted by molar-refractivity contribution is 8.00. The Hall–Kier alpha value is -4.13. The number of rotatable bonds is 11. The highest BCUT2D eigenvalue weighted by Crippen LogP contribution is 2.69. The first-order valence-corrected chi connectivity index (χ1v) is 18.9. The van der Waals surface area contributed by atoms with Gasteiger partial charge in [-0.2, -0.15) is 0 Å². The lowest BCUT2D eigenvalue weighted by Crippen LogP contribution is -2.42. The molecule has 2 bridgehead atoms. The number of aromatic nitrogens is 1. The molecule has 0 spiro atoms. The number of amides is 3. The zero-order chi connectivity index (χ0) is 34.7. The third kappa shape index (κ3) is 5.71. The number of anilines is 1. The highest BCUT2D eigenvalue weighted by Gasteiger charge is 2.69. The fourth-order valence-electron chi connectivity index (χ4n) is 8.93. The molecule has 8 rings (SSSR count). The summed E-state index contributed by atoms with van der Waals surface area (Å²) in [5, 5.41) is 15.1. The second-order valence-corrected chi connectivity index (χ2v) is 16.2. The summed E-state index contributed by atoms with van der Waals surface area (Å²) in [5.74, 6) is -2.36. The molecular weight excluding hydrogens is 698 g/mol. The molecule has 1 saturated heterocycles. The number of carbonyl (C=O) groups is 4. The van der Waals surface area contributed by atoms with E-state index in [0.717, 1.165) is 44.0 Å². The maximum atomic E-state index is 13.9. The highest BCUT2D eigenvalue weighted by atomic mass is 35.5. The van der Waals surface area contributed by atoms with Crippen molar-refractivity contribution in [3.05, 3.63) is 85.8 Å². The molecule has 2 aliphatic heterocycles. The van der Waals surface area contributed by atoms with E-state index in [-0.39, 0.29) is 64.5 Å². The van der Waals surface area contributed by atoms with Gasteiger partial charge in [0.1, 0.15) is 5.75 Å². The lowest BCUT2D eigenvalue weighted by atomic mass is 9.68. The molecule has 3 fully saturated rings. The number of thiazole rings is 1. The summed E-state index contributed by atoms with van der Waals surface area (Å²) >= 11 is 9.35. The molecule has 6 unspecified atom stereocenters. The second-order valence-electron chi connectivity index (χ2n) is 13.5. The molecule has 13 heteroatoms. The van der Waals surface area contributed by atoms with E-state index in [9.17, 15) is 24.0 Å². The Bertz CT molecular complexity index is 2090. The number of carboxylic acids is 1. The minimum absolute atomic E-state index is 0.0160. The van der Waals surface area contributed by atoms with Gasteiger partial charge in [-0.3, -0.25) is 28.9 Å². The van der Waals surface area contributed by atoms with Crippen LogP contribution in [0.2, 0.25) is 5.02 Å². The molecule has 0 radical (unpaired) electrons. The van der Waals surface area contributed by atoms with Crippen molar-refractivity contribution in [3.63, 3.8) is 0 Å². The molecule has 10 nitrogen and oxygen atoms in total. The SMILES string of the molecule is O=C(O)CCCCCN1C(=O)C2C3CC(C2C1=O)C1C3Sc2[nH]c(=O)sc2[C@@H]1c1cc(Cl)ccc1OCC(=O)Nc1cccc2ccccc12. The number of unbranched alkanes of at least 4 members (excludes halogenated alkanes) is 2. The van der Waals surface area contributed by atoms with Gasteiger partial charge < -0.3 is 20.1 Å². The number of imide groups is 1. The fourth-order valence-corrected chi connectivity index (χ4v) is 12.0. The Balaban J connectivity index is 1.06. The van der Waals surface area contributed by atoms with Crippen molar-refractivity contribution < 1.29 is 29.0 Å². The first kappa shape index (κ1) is 33.0. The minimum Gasteiger partial charge on any atom is -0.483 e. The molecule has 258 valence electrons. The van der Waals surface area contributed by atoms with Crippen molar-refractivity contribution in [2.24, 2.45) is 29.6 Å². The van der Waals surface area contributed by atoms with Crippen molar-refractivity contribution >= 4 is 74.9 Å². The monoisotopic (exact) mass is 731 g/mol. The number of nitrogens with one attached hydrogen (secondary N) is 2. The summed E-state index contributed by atoms with van der Waals surface area (Å²) in [7, 11) is 0. The number of hydrogen-bond donors (Lipinski definition) is 3. The molecular formula is C37H34ClN3O7S2. The first-order chi connectivity index (χ1) is 24.2. The van der Waals surface area contributed by atoms with Crippen molar-refractivity contribution in [3.8, 4) is 5.75 Å². The van der Waals surface area contributed by atoms with Gasteiger partial charge >= 0.3 is 10.8 Å². The average Bonchev–Trinajstić information content (AvgIpc) is 3.83. The van der Waals surface area contributed by atoms with E-state index in [1.807, 2.05) is 48.5 Å². The van der Waals surface area contributed by atoms with Crippen LogP contribution in [0.15, 0.2) is 70.5 Å². The number of likely N-dealkylation sites (tertiary alicyclic amines) is 1. The molecule has 4 aliphatic rings. The first-order valence-electron chi connectivity index (χ1n) is 16.9. The van der Waals surface area contributed by atoms with Crippen LogP contribution in [0.5, 0.6) is 5.75 Å². The third-order valence-electron chi connectivity index (χ3n) is 10.8. The molecule has 1 aromatic heterocycles. The number of ether oxygens (including phenoxy) is 1. The molecule has 2 aliphatic carbocycles. The van der Waals surface area contributed by atoms with Crippen LogP contribution in [-0.2, 0) is 19.2 Å². The smallest absolute Gasteiger partial charge is 0.305 e. The number of thioether (sulfide) groups is 1. The Morgan fingerprint density at radius 1 is 0.980 bits per heavy atom. The predicted octanol–water partition coefficient (Wildman–Crippen LogP) is 6.38. The number of benzene rings is 3. The number of hydrogen-bond acceptors (Lipinski definition) is 8. The zero-order valence-corrected chi connectivity index (χ0v) is 29.2. The third-order valence-corrected chi connectivity index (χ3v) is 13.6. The molecule has 3 N–H and O–H groups in total. The summed E-state index contributed by atoms with van der Waals surface area (Å²) in [6, 6.07) is 18.8. The van der Waals surface area contributed by atoms with E-state index >= 15 is 0 Å². The number of aromatic amines is 1. The van der Waals surface area contributed by atoms with E-state index < -0.39 is 17.8 Å². The standard InChI is InChI=1S/C37H34ClN3O7S2/c38-19-12-13-25(48-17-26(42)39-24-10-6-8-18-7-3-4-9-20(18)24)21(15-19)28-29-22-16-23(32(29)49-34-33(28)50-37(47)40-34)31-30(22)35(45)41(36(31)46)14-5-1-2-11-27(43)44/h3-4,6-10,12-13,15,22-23,28-32H,1-2,5,11,14,16-17H2,(H,39,42)(H,40,47)(H,43,44)/t22?,23?,28-,29?,30?,31?,32?/m1/s1. The van der Waals surface area contributed by atoms with Gasteiger partial charge in [-0.15, -0.1) is 11.8 Å². The number of nitrogens with zero attached hydrogens (tertiary/aromatic N) is 1. The van der Waals surface area contributed by atoms with Crippen LogP contribution in [0.3, 0.4) is 0 Å². The number of fused-ring (bicyclic) bond motifs is 10. The number of H-pyrrole nitrogens is 1. The Morgan fingerprint density at radius 3 is 2.58 bits per heavy atom. The maximum absolute atomic E-state index is 13.9. The van der Waals surface area contributed by atoms with Crippen LogP contribution >= 0.6 is 34.7 Å². The normalized spacial score (nSPS) is 26.2. The number of carboxylic acid groups (broad SMARTS) is 1. The van der Waals surface area contributed by atoms with Gasteiger partial charge in [0.25, 0.3) is 5.91 Å². The van der Waals surface area contributed by atoms with Crippen LogP contribution < -0.4 is 14.9 Å². The minimum atomic E-state index is -0.855. The van der Waals surface area contributed by atoms with E-state index in [2.05, 4.69) is 10.3 Å². The van der Waals surface area contributed by atoms with Gasteiger partial charge in [-0.25, -0.2) is 0 Å². The Labute approximate surface area is 300 Å². The van der Waals surface area contributed by atoms with Crippen molar-refractivity contribution in [1.82, 2.24) is 9.88 Å². The maximum Gasteiger partial charge on any atom is 0.305 e. The number of carbonyl (C=O) groups excluding carboxylic acids is 3. The summed E-state index contributed by atoms with van der Waals surface area (Å²) in [4.78, 5) is 69.7. The number of halogens is 1. The van der Waals surface area contributed by atoms with Gasteiger partial charge in [-0.1, -0.05) is 65.8 Å². The molecule has 2 saturated carbocycles. The van der Waals surface area contributed by atoms with E-state index in [1.165, 1.54) is 4.90 Å². The van der Waals surface area contributed by atoms with Gasteiger partial charge in [-0.05, 0) is 66.7 Å². The Kier molecular flexibility index (Phi) is 8.73. The van der Waals surface area contributed by atoms with Crippen LogP contribution in [-0.4, -0.2) is 57.1 Å².